The number of allylic oxidation sites excluding steroid dienone is 3. The summed E-state index contributed by atoms with van der Waals surface area (Å²) in [7, 11) is 0. The Balaban J connectivity index is 1.67. The Bertz CT molecular complexity index is 1070. The van der Waals surface area contributed by atoms with Crippen molar-refractivity contribution in [2.45, 2.75) is 6.92 Å². The van der Waals surface area contributed by atoms with Crippen LogP contribution in [-0.2, 0) is 4.79 Å². The monoisotopic (exact) mass is 364 g/mol. The van der Waals surface area contributed by atoms with Crippen molar-refractivity contribution in [3.63, 3.8) is 0 Å². The predicted octanol–water partition coefficient (Wildman–Crippen LogP) is 3.92. The van der Waals surface area contributed by atoms with Crippen molar-refractivity contribution in [2.24, 2.45) is 0 Å². The van der Waals surface area contributed by atoms with Gasteiger partial charge in [-0.1, -0.05) is 6.08 Å². The van der Waals surface area contributed by atoms with Crippen LogP contribution in [0.4, 0.5) is 5.69 Å². The molecule has 0 fully saturated rings. The van der Waals surface area contributed by atoms with Gasteiger partial charge in [-0.15, -0.1) is 11.3 Å². The molecule has 0 aliphatic heterocycles. The average Bonchev–Trinajstić information content (AvgIpc) is 3.44. The van der Waals surface area contributed by atoms with E-state index in [1.165, 1.54) is 0 Å². The minimum absolute atomic E-state index is 0.801. The molecule has 0 saturated heterocycles. The van der Waals surface area contributed by atoms with Crippen molar-refractivity contribution in [3.05, 3.63) is 60.7 Å². The lowest BCUT2D eigenvalue weighted by Gasteiger charge is -2.10. The third-order valence-electron chi connectivity index (χ3n) is 4.09. The maximum absolute atomic E-state index is 11.7. The van der Waals surface area contributed by atoms with Crippen LogP contribution in [0.3, 0.4) is 0 Å². The van der Waals surface area contributed by atoms with Gasteiger partial charge < -0.3 is 15.0 Å². The van der Waals surface area contributed by atoms with Crippen LogP contribution < -0.4 is 4.90 Å². The van der Waals surface area contributed by atoms with Crippen LogP contribution in [-0.4, -0.2) is 31.3 Å². The molecule has 4 heterocycles. The Morgan fingerprint density at radius 3 is 2.73 bits per heavy atom. The first-order valence-electron chi connectivity index (χ1n) is 7.96. The highest BCUT2D eigenvalue weighted by Gasteiger charge is 2.15. The number of carbonyl (C=O) groups is 1. The van der Waals surface area contributed by atoms with Crippen LogP contribution in [0.5, 0.6) is 0 Å². The number of hydrogen-bond donors (Lipinski definition) is 3. The topological polar surface area (TPSA) is 93.5 Å². The summed E-state index contributed by atoms with van der Waals surface area (Å²) in [6.07, 6.45) is 15.1. The second-order valence-electron chi connectivity index (χ2n) is 5.53. The van der Waals surface area contributed by atoms with E-state index >= 15 is 0 Å². The van der Waals surface area contributed by atoms with Crippen LogP contribution in [0.1, 0.15) is 12.6 Å². The normalized spacial score (nSPS) is 12.3. The first kappa shape index (κ1) is 16.1. The van der Waals surface area contributed by atoms with Crippen molar-refractivity contribution in [3.8, 4) is 11.3 Å². The number of hydrogen-bond acceptors (Lipinski definition) is 4. The summed E-state index contributed by atoms with van der Waals surface area (Å²) < 4.78 is 1.07. The number of rotatable bonds is 6. The number of fused-ring (bicyclic) bond motifs is 1. The van der Waals surface area contributed by atoms with Gasteiger partial charge in [0.1, 0.15) is 0 Å². The number of carbonyl (C=O) groups excluding carboxylic acids is 1. The molecule has 130 valence electrons. The first-order chi connectivity index (χ1) is 12.8. The number of amides is 1. The van der Waals surface area contributed by atoms with Crippen molar-refractivity contribution < 1.29 is 4.79 Å². The van der Waals surface area contributed by atoms with Gasteiger partial charge in [-0.2, -0.15) is 0 Å². The van der Waals surface area contributed by atoms with Crippen LogP contribution in [0.2, 0.25) is 0 Å². The number of anilines is 1. The summed E-state index contributed by atoms with van der Waals surface area (Å²) in [5.41, 5.74) is 5.54. The van der Waals surface area contributed by atoms with Gasteiger partial charge in [0.2, 0.25) is 6.41 Å². The van der Waals surface area contributed by atoms with Crippen molar-refractivity contribution in [1.29, 1.82) is 0 Å². The second kappa shape index (κ2) is 6.85. The minimum atomic E-state index is 0.801. The van der Waals surface area contributed by atoms with E-state index < -0.39 is 0 Å². The number of aromatic nitrogens is 5. The van der Waals surface area contributed by atoms with E-state index in [2.05, 4.69) is 24.9 Å². The quantitative estimate of drug-likeness (QED) is 0.357. The summed E-state index contributed by atoms with van der Waals surface area (Å²) in [6.45, 7) is 1.94. The van der Waals surface area contributed by atoms with Crippen molar-refractivity contribution >= 4 is 39.2 Å². The Hall–Kier alpha value is -3.39. The Kier molecular flexibility index (Phi) is 4.24. The molecule has 4 aromatic rings. The van der Waals surface area contributed by atoms with Crippen LogP contribution >= 0.6 is 11.3 Å². The minimum Gasteiger partial charge on any atom is -0.358 e. The third kappa shape index (κ3) is 2.76. The molecular formula is C18H16N6OS. The zero-order chi connectivity index (χ0) is 17.9. The highest BCUT2D eigenvalue weighted by Crippen LogP contribution is 2.38. The highest BCUT2D eigenvalue weighted by atomic mass is 32.1. The SMILES string of the molecule is C/C=C(\C=C/N(C=O)c1csc2c(-c3cnc[nH]3)c[nH]c12)c1cnc[nH]1. The molecule has 8 heteroatoms. The molecule has 3 N–H and O–H groups in total. The molecule has 0 bridgehead atoms. The molecule has 26 heavy (non-hydrogen) atoms. The molecule has 1 amide bonds. The number of H-pyrrole nitrogens is 3. The van der Waals surface area contributed by atoms with Crippen LogP contribution in [0.25, 0.3) is 27.0 Å². The van der Waals surface area contributed by atoms with E-state index in [1.807, 2.05) is 30.7 Å². The maximum atomic E-state index is 11.7. The van der Waals surface area contributed by atoms with Gasteiger partial charge in [0.25, 0.3) is 0 Å². The molecule has 7 nitrogen and oxygen atoms in total. The largest absolute Gasteiger partial charge is 0.358 e. The van der Waals surface area contributed by atoms with Gasteiger partial charge in [0, 0.05) is 23.3 Å². The molecule has 0 radical (unpaired) electrons. The number of nitrogens with zero attached hydrogens (tertiary/aromatic N) is 3. The number of thiophene rings is 1. The lowest BCUT2D eigenvalue weighted by atomic mass is 10.2. The maximum Gasteiger partial charge on any atom is 0.218 e. The van der Waals surface area contributed by atoms with Gasteiger partial charge in [-0.05, 0) is 18.6 Å². The van der Waals surface area contributed by atoms with Gasteiger partial charge >= 0.3 is 0 Å². The van der Waals surface area contributed by atoms with Gasteiger partial charge in [-0.3, -0.25) is 9.69 Å². The van der Waals surface area contributed by atoms with Gasteiger partial charge in [0.05, 0.1) is 52.3 Å². The predicted molar refractivity (Wildman–Crippen MR) is 104 cm³/mol. The molecule has 4 rings (SSSR count). The van der Waals surface area contributed by atoms with Gasteiger partial charge in [0.15, 0.2) is 0 Å². The summed E-state index contributed by atoms with van der Waals surface area (Å²) in [6, 6.07) is 0. The molecule has 0 aromatic carbocycles. The average molecular weight is 364 g/mol. The number of imidazole rings is 2. The number of nitrogens with one attached hydrogen (secondary N) is 3. The zero-order valence-corrected chi connectivity index (χ0v) is 14.7. The molecule has 0 atom stereocenters. The molecule has 0 spiro atoms. The Morgan fingerprint density at radius 1 is 1.19 bits per heavy atom. The molecule has 0 aliphatic rings. The molecule has 0 saturated carbocycles. The van der Waals surface area contributed by atoms with E-state index in [1.54, 1.807) is 47.5 Å². The summed E-state index contributed by atoms with van der Waals surface area (Å²) in [4.78, 5) is 30.8. The lowest BCUT2D eigenvalue weighted by molar-refractivity contribution is -0.106. The zero-order valence-electron chi connectivity index (χ0n) is 13.9. The van der Waals surface area contributed by atoms with Crippen LogP contribution in [0.15, 0.2) is 55.0 Å². The molecule has 4 aromatic heterocycles. The molecular weight excluding hydrogens is 348 g/mol. The third-order valence-corrected chi connectivity index (χ3v) is 5.09. The van der Waals surface area contributed by atoms with Gasteiger partial charge in [-0.25, -0.2) is 9.97 Å². The second-order valence-corrected chi connectivity index (χ2v) is 6.41. The fourth-order valence-electron chi connectivity index (χ4n) is 2.78. The summed E-state index contributed by atoms with van der Waals surface area (Å²) in [5.74, 6) is 0. The molecule has 0 aliphatic carbocycles. The van der Waals surface area contributed by atoms with Crippen molar-refractivity contribution in [1.82, 2.24) is 24.9 Å². The first-order valence-corrected chi connectivity index (χ1v) is 8.84. The summed E-state index contributed by atoms with van der Waals surface area (Å²) >= 11 is 1.58. The number of aromatic amines is 3. The van der Waals surface area contributed by atoms with E-state index in [4.69, 9.17) is 0 Å². The van der Waals surface area contributed by atoms with E-state index in [0.717, 1.165) is 44.8 Å². The molecule has 0 unspecified atom stereocenters. The lowest BCUT2D eigenvalue weighted by Crippen LogP contribution is -2.12. The fourth-order valence-corrected chi connectivity index (χ4v) is 3.82. The van der Waals surface area contributed by atoms with E-state index in [-0.39, 0.29) is 0 Å². The van der Waals surface area contributed by atoms with Crippen LogP contribution in [0, 0.1) is 0 Å². The Labute approximate surface area is 153 Å². The smallest absolute Gasteiger partial charge is 0.218 e. The fraction of sp³-hybridized carbons (Fsp3) is 0.0556. The van der Waals surface area contributed by atoms with E-state index in [0.29, 0.717) is 0 Å². The Morgan fingerprint density at radius 2 is 2.04 bits per heavy atom. The summed E-state index contributed by atoms with van der Waals surface area (Å²) in [5, 5.41) is 1.96. The van der Waals surface area contributed by atoms with E-state index in [9.17, 15) is 4.79 Å². The highest BCUT2D eigenvalue weighted by molar-refractivity contribution is 7.18. The standard InChI is InChI=1S/C18H16N6OS/c1-2-12(14-6-19-9-22-14)3-4-24(11-25)16-8-26-18-13(5-21-17(16)18)15-7-20-10-23-15/h2-11,21H,1H3,(H,19,22)(H,20,23)/b4-3-,12-2+. The van der Waals surface area contributed by atoms with Crippen molar-refractivity contribution in [2.75, 3.05) is 4.90 Å².